The van der Waals surface area contributed by atoms with E-state index in [4.69, 9.17) is 40.2 Å². The van der Waals surface area contributed by atoms with Gasteiger partial charge in [-0.3, -0.25) is 4.90 Å². The van der Waals surface area contributed by atoms with Crippen LogP contribution in [0.5, 0.6) is 0 Å². The Balaban J connectivity index is 1.58. The van der Waals surface area contributed by atoms with Crippen LogP contribution in [0.3, 0.4) is 0 Å². The van der Waals surface area contributed by atoms with Gasteiger partial charge in [0.2, 0.25) is 0 Å². The van der Waals surface area contributed by atoms with E-state index >= 15 is 0 Å². The van der Waals surface area contributed by atoms with Gasteiger partial charge in [-0.2, -0.15) is 0 Å². The highest BCUT2D eigenvalue weighted by Gasteiger charge is 2.19. The zero-order valence-electron chi connectivity index (χ0n) is 16.2. The molecule has 28 heavy (non-hydrogen) atoms. The van der Waals surface area contributed by atoms with Gasteiger partial charge in [-0.15, -0.1) is 0 Å². The third kappa shape index (κ3) is 6.89. The summed E-state index contributed by atoms with van der Waals surface area (Å²) in [6, 6.07) is 5.45. The first-order valence-electron chi connectivity index (χ1n) is 10.1. The number of nitrogens with one attached hydrogen (secondary N) is 1. The molecular weight excluding hydrogens is 413 g/mol. The van der Waals surface area contributed by atoms with E-state index in [9.17, 15) is 0 Å². The lowest BCUT2D eigenvalue weighted by molar-refractivity contribution is 0.0367. The molecule has 1 aromatic carbocycles. The van der Waals surface area contributed by atoms with Crippen molar-refractivity contribution in [3.05, 3.63) is 40.4 Å². The summed E-state index contributed by atoms with van der Waals surface area (Å²) in [6.45, 7) is 6.72. The van der Waals surface area contributed by atoms with E-state index in [0.29, 0.717) is 16.0 Å². The maximum Gasteiger partial charge on any atom is 0.173 e. The number of thiocarbonyl (C=S) groups is 1. The molecule has 1 aliphatic heterocycles. The molecule has 1 atom stereocenters. The highest BCUT2D eigenvalue weighted by molar-refractivity contribution is 7.80. The molecule has 0 bridgehead atoms. The summed E-state index contributed by atoms with van der Waals surface area (Å²) in [7, 11) is 0. The monoisotopic (exact) mass is 441 g/mol. The Kier molecular flexibility index (Phi) is 8.87. The second-order valence-corrected chi connectivity index (χ2v) is 8.69. The Morgan fingerprint density at radius 2 is 2.07 bits per heavy atom. The molecule has 1 aromatic rings. The van der Waals surface area contributed by atoms with Gasteiger partial charge in [0.1, 0.15) is 0 Å². The van der Waals surface area contributed by atoms with E-state index < -0.39 is 0 Å². The number of morpholine rings is 1. The number of hydrogen-bond donors (Lipinski definition) is 1. The predicted molar refractivity (Wildman–Crippen MR) is 123 cm³/mol. The SMILES string of the molecule is S=C(Nc1ccc(Cl)cc1Cl)N(CCCN1CCOCC1)CC1CC=CCC1. The van der Waals surface area contributed by atoms with E-state index in [1.807, 2.05) is 12.1 Å². The molecule has 1 aliphatic carbocycles. The Hall–Kier alpha value is -0.850. The minimum Gasteiger partial charge on any atom is -0.379 e. The number of rotatable bonds is 7. The fourth-order valence-corrected chi connectivity index (χ4v) is 4.44. The number of anilines is 1. The van der Waals surface area contributed by atoms with E-state index in [1.165, 1.54) is 6.42 Å². The van der Waals surface area contributed by atoms with Gasteiger partial charge >= 0.3 is 0 Å². The number of nitrogens with zero attached hydrogens (tertiary/aromatic N) is 2. The number of ether oxygens (including phenoxy) is 1. The van der Waals surface area contributed by atoms with E-state index in [2.05, 4.69) is 27.3 Å². The molecule has 0 radical (unpaired) electrons. The fourth-order valence-electron chi connectivity index (χ4n) is 3.70. The van der Waals surface area contributed by atoms with Gasteiger partial charge in [-0.1, -0.05) is 35.4 Å². The fraction of sp³-hybridized carbons (Fsp3) is 0.571. The maximum atomic E-state index is 6.32. The van der Waals surface area contributed by atoms with Crippen LogP contribution in [-0.4, -0.2) is 60.8 Å². The molecule has 3 rings (SSSR count). The molecule has 0 amide bonds. The normalized spacial score (nSPS) is 20.1. The van der Waals surface area contributed by atoms with Crippen molar-refractivity contribution in [1.29, 1.82) is 0 Å². The lowest BCUT2D eigenvalue weighted by Crippen LogP contribution is -2.42. The quantitative estimate of drug-likeness (QED) is 0.470. The summed E-state index contributed by atoms with van der Waals surface area (Å²) in [6.07, 6.45) is 9.18. The lowest BCUT2D eigenvalue weighted by Gasteiger charge is -2.32. The first-order valence-corrected chi connectivity index (χ1v) is 11.2. The van der Waals surface area contributed by atoms with Crippen molar-refractivity contribution in [2.45, 2.75) is 25.7 Å². The number of halogens is 2. The Morgan fingerprint density at radius 1 is 1.25 bits per heavy atom. The molecule has 1 unspecified atom stereocenters. The van der Waals surface area contributed by atoms with Crippen molar-refractivity contribution in [2.24, 2.45) is 5.92 Å². The highest BCUT2D eigenvalue weighted by atomic mass is 35.5. The summed E-state index contributed by atoms with van der Waals surface area (Å²) in [5, 5.41) is 5.28. The lowest BCUT2D eigenvalue weighted by atomic mass is 9.94. The summed E-state index contributed by atoms with van der Waals surface area (Å²) < 4.78 is 5.44. The van der Waals surface area contributed by atoms with Crippen molar-refractivity contribution in [3.63, 3.8) is 0 Å². The molecule has 0 saturated carbocycles. The molecule has 1 saturated heterocycles. The summed E-state index contributed by atoms with van der Waals surface area (Å²) >= 11 is 18.1. The van der Waals surface area contributed by atoms with Gasteiger partial charge in [0.15, 0.2) is 5.11 Å². The van der Waals surface area contributed by atoms with Crippen LogP contribution in [0.4, 0.5) is 5.69 Å². The molecule has 0 aromatic heterocycles. The van der Waals surface area contributed by atoms with Crippen LogP contribution in [0.25, 0.3) is 0 Å². The molecule has 154 valence electrons. The van der Waals surface area contributed by atoms with Crippen LogP contribution in [0, 0.1) is 5.92 Å². The Bertz CT molecular complexity index is 680. The first-order chi connectivity index (χ1) is 13.6. The van der Waals surface area contributed by atoms with Crippen molar-refractivity contribution in [1.82, 2.24) is 9.80 Å². The van der Waals surface area contributed by atoms with Crippen LogP contribution < -0.4 is 5.32 Å². The van der Waals surface area contributed by atoms with Crippen LogP contribution in [0.2, 0.25) is 10.0 Å². The summed E-state index contributed by atoms with van der Waals surface area (Å²) in [4.78, 5) is 4.78. The van der Waals surface area contributed by atoms with Crippen LogP contribution in [-0.2, 0) is 4.74 Å². The molecule has 1 heterocycles. The minimum absolute atomic E-state index is 0.587. The molecule has 1 fully saturated rings. The minimum atomic E-state index is 0.587. The second-order valence-electron chi connectivity index (χ2n) is 7.46. The highest BCUT2D eigenvalue weighted by Crippen LogP contribution is 2.26. The molecule has 2 aliphatic rings. The number of benzene rings is 1. The molecule has 0 spiro atoms. The van der Waals surface area contributed by atoms with Crippen molar-refractivity contribution >= 4 is 46.2 Å². The smallest absolute Gasteiger partial charge is 0.173 e. The van der Waals surface area contributed by atoms with Gasteiger partial charge in [0, 0.05) is 37.7 Å². The zero-order chi connectivity index (χ0) is 19.8. The predicted octanol–water partition coefficient (Wildman–Crippen LogP) is 5.07. The zero-order valence-corrected chi connectivity index (χ0v) is 18.5. The number of allylic oxidation sites excluding steroid dienone is 2. The van der Waals surface area contributed by atoms with E-state index in [-0.39, 0.29) is 0 Å². The second kappa shape index (κ2) is 11.4. The van der Waals surface area contributed by atoms with Crippen molar-refractivity contribution in [2.75, 3.05) is 51.3 Å². The van der Waals surface area contributed by atoms with Crippen LogP contribution >= 0.6 is 35.4 Å². The van der Waals surface area contributed by atoms with Gasteiger partial charge < -0.3 is 15.0 Å². The van der Waals surface area contributed by atoms with Crippen LogP contribution in [0.15, 0.2) is 30.4 Å². The third-order valence-corrected chi connectivity index (χ3v) is 6.23. The van der Waals surface area contributed by atoms with Gasteiger partial charge in [0.25, 0.3) is 0 Å². The van der Waals surface area contributed by atoms with Gasteiger partial charge in [0.05, 0.1) is 23.9 Å². The molecular formula is C21H29Cl2N3OS. The Labute approximate surface area is 183 Å². The van der Waals surface area contributed by atoms with Gasteiger partial charge in [-0.25, -0.2) is 0 Å². The van der Waals surface area contributed by atoms with Crippen molar-refractivity contribution < 1.29 is 4.74 Å². The number of hydrogen-bond acceptors (Lipinski definition) is 3. The Morgan fingerprint density at radius 3 is 2.79 bits per heavy atom. The average molecular weight is 442 g/mol. The summed E-state index contributed by atoms with van der Waals surface area (Å²) in [5.74, 6) is 0.647. The van der Waals surface area contributed by atoms with Crippen LogP contribution in [0.1, 0.15) is 25.7 Å². The standard InChI is InChI=1S/C21H29Cl2N3OS/c22-18-7-8-20(19(23)15-18)24-21(28)26(16-17-5-2-1-3-6-17)10-4-9-25-11-13-27-14-12-25/h1-2,7-8,15,17H,3-6,9-14,16H2,(H,24,28). The molecule has 4 nitrogen and oxygen atoms in total. The third-order valence-electron chi connectivity index (χ3n) is 5.32. The van der Waals surface area contributed by atoms with Crippen molar-refractivity contribution in [3.8, 4) is 0 Å². The molecule has 7 heteroatoms. The van der Waals surface area contributed by atoms with Gasteiger partial charge in [-0.05, 0) is 62.0 Å². The largest absolute Gasteiger partial charge is 0.379 e. The van der Waals surface area contributed by atoms with E-state index in [0.717, 1.165) is 76.0 Å². The maximum absolute atomic E-state index is 6.32. The topological polar surface area (TPSA) is 27.7 Å². The van der Waals surface area contributed by atoms with E-state index in [1.54, 1.807) is 6.07 Å². The molecule has 1 N–H and O–H groups in total. The average Bonchev–Trinajstić information content (AvgIpc) is 2.71. The first kappa shape index (κ1) is 21.8. The summed E-state index contributed by atoms with van der Waals surface area (Å²) in [5.41, 5.74) is 0.804.